The summed E-state index contributed by atoms with van der Waals surface area (Å²) in [5.74, 6) is -0.967. The van der Waals surface area contributed by atoms with Crippen molar-refractivity contribution in [3.63, 3.8) is 0 Å². The molecule has 1 aromatic rings. The minimum Gasteiger partial charge on any atom is -0.469 e. The Morgan fingerprint density at radius 1 is 1.24 bits per heavy atom. The molecule has 1 aromatic carbocycles. The monoisotopic (exact) mass is 351 g/mol. The van der Waals surface area contributed by atoms with E-state index in [0.29, 0.717) is 0 Å². The number of nitrogens with zero attached hydrogens (tertiary/aromatic N) is 1. The first kappa shape index (κ1) is 16.5. The fraction of sp³-hybridized carbons (Fsp3) is 0.462. The molecule has 0 spiro atoms. The van der Waals surface area contributed by atoms with E-state index < -0.39 is 21.9 Å². The van der Waals surface area contributed by atoms with Gasteiger partial charge in [-0.15, -0.1) is 0 Å². The van der Waals surface area contributed by atoms with E-state index in [2.05, 4.69) is 0 Å². The van der Waals surface area contributed by atoms with Gasteiger partial charge < -0.3 is 4.74 Å². The Hall–Kier alpha value is -0.820. The SMILES string of the molecule is COC(=O)C1CN(S(=O)(=O)c2cc(Cl)cc(Cl)c2)CC1C. The smallest absolute Gasteiger partial charge is 0.310 e. The normalized spacial score (nSPS) is 23.2. The summed E-state index contributed by atoms with van der Waals surface area (Å²) in [6.07, 6.45) is 0. The summed E-state index contributed by atoms with van der Waals surface area (Å²) in [5.41, 5.74) is 0. The van der Waals surface area contributed by atoms with Crippen LogP contribution in [-0.4, -0.2) is 38.9 Å². The van der Waals surface area contributed by atoms with Crippen LogP contribution >= 0.6 is 23.2 Å². The van der Waals surface area contributed by atoms with E-state index in [1.165, 1.54) is 29.6 Å². The highest BCUT2D eigenvalue weighted by molar-refractivity contribution is 7.89. The molecule has 0 N–H and O–H groups in total. The number of esters is 1. The van der Waals surface area contributed by atoms with Gasteiger partial charge in [-0.2, -0.15) is 4.31 Å². The lowest BCUT2D eigenvalue weighted by atomic mass is 9.99. The molecular weight excluding hydrogens is 337 g/mol. The van der Waals surface area contributed by atoms with Crippen molar-refractivity contribution in [3.05, 3.63) is 28.2 Å². The topological polar surface area (TPSA) is 63.7 Å². The average Bonchev–Trinajstić information content (AvgIpc) is 2.79. The number of hydrogen-bond donors (Lipinski definition) is 0. The number of carbonyl (C=O) groups is 1. The van der Waals surface area contributed by atoms with Crippen molar-refractivity contribution in [3.8, 4) is 0 Å². The molecule has 5 nitrogen and oxygen atoms in total. The van der Waals surface area contributed by atoms with Gasteiger partial charge in [0.05, 0.1) is 17.9 Å². The van der Waals surface area contributed by atoms with Crippen LogP contribution in [0.15, 0.2) is 23.1 Å². The highest BCUT2D eigenvalue weighted by Gasteiger charge is 2.41. The average molecular weight is 352 g/mol. The van der Waals surface area contributed by atoms with Gasteiger partial charge in [0.15, 0.2) is 0 Å². The second-order valence-corrected chi connectivity index (χ2v) is 7.84. The minimum absolute atomic E-state index is 0.0257. The lowest BCUT2D eigenvalue weighted by Gasteiger charge is -2.16. The maximum absolute atomic E-state index is 12.6. The van der Waals surface area contributed by atoms with Gasteiger partial charge in [0, 0.05) is 23.1 Å². The predicted octanol–water partition coefficient (Wildman–Crippen LogP) is 2.42. The van der Waals surface area contributed by atoms with Gasteiger partial charge in [-0.1, -0.05) is 30.1 Å². The van der Waals surface area contributed by atoms with Gasteiger partial charge in [-0.25, -0.2) is 8.42 Å². The van der Waals surface area contributed by atoms with Crippen LogP contribution in [0.3, 0.4) is 0 Å². The number of ether oxygens (including phenoxy) is 1. The van der Waals surface area contributed by atoms with Gasteiger partial charge in [0.1, 0.15) is 0 Å². The van der Waals surface area contributed by atoms with Gasteiger partial charge in [0.25, 0.3) is 0 Å². The van der Waals surface area contributed by atoms with Gasteiger partial charge in [-0.05, 0) is 24.1 Å². The fourth-order valence-corrected chi connectivity index (χ4v) is 4.70. The maximum Gasteiger partial charge on any atom is 0.310 e. The van der Waals surface area contributed by atoms with Crippen LogP contribution in [0.5, 0.6) is 0 Å². The number of rotatable bonds is 3. The summed E-state index contributed by atoms with van der Waals surface area (Å²) in [7, 11) is -2.44. The lowest BCUT2D eigenvalue weighted by molar-refractivity contribution is -0.145. The summed E-state index contributed by atoms with van der Waals surface area (Å²) in [4.78, 5) is 11.7. The molecule has 0 bridgehead atoms. The van der Waals surface area contributed by atoms with Crippen molar-refractivity contribution in [2.24, 2.45) is 11.8 Å². The molecule has 0 amide bonds. The first-order valence-electron chi connectivity index (χ1n) is 6.29. The van der Waals surface area contributed by atoms with Crippen molar-refractivity contribution >= 4 is 39.2 Å². The Morgan fingerprint density at radius 2 is 1.81 bits per heavy atom. The van der Waals surface area contributed by atoms with Crippen molar-refractivity contribution in [2.75, 3.05) is 20.2 Å². The Balaban J connectivity index is 2.31. The Labute approximate surface area is 133 Å². The van der Waals surface area contributed by atoms with E-state index in [-0.39, 0.29) is 33.9 Å². The zero-order valence-corrected chi connectivity index (χ0v) is 13.9. The summed E-state index contributed by atoms with van der Waals surface area (Å²) in [5, 5.41) is 0.496. The number of sulfonamides is 1. The molecule has 21 heavy (non-hydrogen) atoms. The van der Waals surface area contributed by atoms with E-state index in [1.807, 2.05) is 6.92 Å². The van der Waals surface area contributed by atoms with Crippen LogP contribution in [0.2, 0.25) is 10.0 Å². The third kappa shape index (κ3) is 3.34. The molecule has 0 aliphatic carbocycles. The van der Waals surface area contributed by atoms with Crippen LogP contribution in [0.1, 0.15) is 6.92 Å². The Kier molecular flexibility index (Phi) is 4.82. The highest BCUT2D eigenvalue weighted by Crippen LogP contribution is 2.31. The molecule has 0 radical (unpaired) electrons. The van der Waals surface area contributed by atoms with Gasteiger partial charge in [-0.3, -0.25) is 4.79 Å². The summed E-state index contributed by atoms with van der Waals surface area (Å²) < 4.78 is 31.2. The van der Waals surface area contributed by atoms with E-state index in [4.69, 9.17) is 27.9 Å². The second kappa shape index (κ2) is 6.12. The van der Waals surface area contributed by atoms with E-state index in [9.17, 15) is 13.2 Å². The van der Waals surface area contributed by atoms with Crippen LogP contribution in [0, 0.1) is 11.8 Å². The van der Waals surface area contributed by atoms with Crippen LogP contribution in [0.25, 0.3) is 0 Å². The molecule has 0 aromatic heterocycles. The number of benzene rings is 1. The third-order valence-corrected chi connectivity index (χ3v) is 5.80. The summed E-state index contributed by atoms with van der Waals surface area (Å²) >= 11 is 11.7. The molecular formula is C13H15Cl2NO4S. The van der Waals surface area contributed by atoms with Crippen LogP contribution in [-0.2, 0) is 19.6 Å². The maximum atomic E-state index is 12.6. The summed E-state index contributed by atoms with van der Waals surface area (Å²) in [6.45, 7) is 2.18. The molecule has 1 heterocycles. The highest BCUT2D eigenvalue weighted by atomic mass is 35.5. The van der Waals surface area contributed by atoms with Crippen LogP contribution < -0.4 is 0 Å². The Bertz CT molecular complexity index is 642. The molecule has 116 valence electrons. The molecule has 2 unspecified atom stereocenters. The zero-order valence-electron chi connectivity index (χ0n) is 11.5. The molecule has 1 aliphatic heterocycles. The lowest BCUT2D eigenvalue weighted by Crippen LogP contribution is -2.30. The first-order chi connectivity index (χ1) is 9.75. The minimum atomic E-state index is -3.73. The number of methoxy groups -OCH3 is 1. The number of halogens is 2. The van der Waals surface area contributed by atoms with E-state index in [1.54, 1.807) is 0 Å². The number of hydrogen-bond acceptors (Lipinski definition) is 4. The van der Waals surface area contributed by atoms with E-state index in [0.717, 1.165) is 0 Å². The first-order valence-corrected chi connectivity index (χ1v) is 8.49. The van der Waals surface area contributed by atoms with Gasteiger partial charge >= 0.3 is 5.97 Å². The van der Waals surface area contributed by atoms with E-state index >= 15 is 0 Å². The van der Waals surface area contributed by atoms with Crippen molar-refractivity contribution < 1.29 is 17.9 Å². The van der Waals surface area contributed by atoms with Crippen molar-refractivity contribution in [1.82, 2.24) is 4.31 Å². The molecule has 2 atom stereocenters. The van der Waals surface area contributed by atoms with Crippen molar-refractivity contribution in [1.29, 1.82) is 0 Å². The standard InChI is InChI=1S/C13H15Cl2NO4S/c1-8-6-16(7-12(8)13(17)20-2)21(18,19)11-4-9(14)3-10(15)5-11/h3-5,8,12H,6-7H2,1-2H3. The summed E-state index contributed by atoms with van der Waals surface area (Å²) in [6, 6.07) is 4.16. The fourth-order valence-electron chi connectivity index (χ4n) is 2.40. The molecule has 8 heteroatoms. The van der Waals surface area contributed by atoms with Crippen molar-refractivity contribution in [2.45, 2.75) is 11.8 Å². The van der Waals surface area contributed by atoms with Gasteiger partial charge in [0.2, 0.25) is 10.0 Å². The second-order valence-electron chi connectivity index (χ2n) is 5.03. The third-order valence-electron chi connectivity index (χ3n) is 3.56. The predicted molar refractivity (Wildman–Crippen MR) is 79.9 cm³/mol. The Morgan fingerprint density at radius 3 is 2.33 bits per heavy atom. The molecule has 1 saturated heterocycles. The zero-order chi connectivity index (χ0) is 15.8. The molecule has 2 rings (SSSR count). The largest absolute Gasteiger partial charge is 0.469 e. The molecule has 1 fully saturated rings. The molecule has 1 aliphatic rings. The molecule has 0 saturated carbocycles. The quantitative estimate of drug-likeness (QED) is 0.784. The number of carbonyl (C=O) groups excluding carboxylic acids is 1. The van der Waals surface area contributed by atoms with Crippen LogP contribution in [0.4, 0.5) is 0 Å².